The largest absolute Gasteiger partial charge is 0.478 e. The molecule has 1 N–H and O–H groups in total. The lowest BCUT2D eigenvalue weighted by molar-refractivity contribution is -0.132. The molecular weight excluding hydrogens is 188 g/mol. The minimum atomic E-state index is -0.897. The van der Waals surface area contributed by atoms with Crippen LogP contribution in [0.2, 0.25) is 0 Å². The fraction of sp³-hybridized carbons (Fsp3) is 0.250. The molecule has 0 saturated heterocycles. The molecule has 0 radical (unpaired) electrons. The number of thioether (sulfide) groups is 1. The minimum Gasteiger partial charge on any atom is -0.478 e. The lowest BCUT2D eigenvalue weighted by Crippen LogP contribution is -2.27. The van der Waals surface area contributed by atoms with Gasteiger partial charge in [0.2, 0.25) is 0 Å². The van der Waals surface area contributed by atoms with Crippen LogP contribution in [0.15, 0.2) is 27.9 Å². The van der Waals surface area contributed by atoms with Crippen molar-refractivity contribution in [3.05, 3.63) is 22.9 Å². The molecule has 0 amide bonds. The van der Waals surface area contributed by atoms with Gasteiger partial charge >= 0.3 is 5.97 Å². The Labute approximate surface area is 79.6 Å². The molecule has 5 heteroatoms. The topological polar surface area (TPSA) is 52.9 Å². The van der Waals surface area contributed by atoms with Crippen molar-refractivity contribution in [3.8, 4) is 0 Å². The highest BCUT2D eigenvalue weighted by Crippen LogP contribution is 2.30. The van der Waals surface area contributed by atoms with E-state index < -0.39 is 5.97 Å². The van der Waals surface area contributed by atoms with Crippen molar-refractivity contribution in [2.24, 2.45) is 4.99 Å². The maximum atomic E-state index is 10.6. The standard InChI is InChI=1S/C8H8N2O2S/c1-5-3-10-4-6(7(11)12)2-9-8(10)13-5/h2-3H,4H2,1H3,(H,11,12). The summed E-state index contributed by atoms with van der Waals surface area (Å²) in [5.41, 5.74) is 0.329. The van der Waals surface area contributed by atoms with E-state index in [0.717, 1.165) is 10.1 Å². The first-order chi connectivity index (χ1) is 6.16. The Hall–Kier alpha value is -1.23. The summed E-state index contributed by atoms with van der Waals surface area (Å²) >= 11 is 1.56. The summed E-state index contributed by atoms with van der Waals surface area (Å²) in [6.45, 7) is 2.39. The van der Waals surface area contributed by atoms with E-state index in [1.165, 1.54) is 6.20 Å². The summed E-state index contributed by atoms with van der Waals surface area (Å²) in [6.07, 6.45) is 3.34. The molecule has 0 aromatic carbocycles. The highest BCUT2D eigenvalue weighted by molar-refractivity contribution is 8.17. The first-order valence-electron chi connectivity index (χ1n) is 3.80. The molecule has 0 bridgehead atoms. The zero-order valence-electron chi connectivity index (χ0n) is 7.02. The molecule has 0 aromatic heterocycles. The van der Waals surface area contributed by atoms with Crippen LogP contribution in [0, 0.1) is 0 Å². The fourth-order valence-electron chi connectivity index (χ4n) is 1.20. The van der Waals surface area contributed by atoms with E-state index in [9.17, 15) is 4.79 Å². The molecule has 68 valence electrons. The number of aliphatic carboxylic acids is 1. The third-order valence-electron chi connectivity index (χ3n) is 1.78. The number of carboxylic acids is 1. The second-order valence-corrected chi connectivity index (χ2v) is 4.05. The number of carbonyl (C=O) groups is 1. The monoisotopic (exact) mass is 196 g/mol. The Morgan fingerprint density at radius 2 is 2.54 bits per heavy atom. The number of hydrogen-bond acceptors (Lipinski definition) is 4. The second kappa shape index (κ2) is 2.92. The van der Waals surface area contributed by atoms with Gasteiger partial charge in [-0.15, -0.1) is 0 Å². The predicted molar refractivity (Wildman–Crippen MR) is 51.2 cm³/mol. The molecule has 0 unspecified atom stereocenters. The first-order valence-corrected chi connectivity index (χ1v) is 4.61. The summed E-state index contributed by atoms with van der Waals surface area (Å²) in [4.78, 5) is 17.7. The Morgan fingerprint density at radius 3 is 3.23 bits per heavy atom. The second-order valence-electron chi connectivity index (χ2n) is 2.84. The molecule has 0 aromatic rings. The smallest absolute Gasteiger partial charge is 0.334 e. The quantitative estimate of drug-likeness (QED) is 0.685. The summed E-state index contributed by atoms with van der Waals surface area (Å²) in [5.74, 6) is -0.897. The molecule has 2 aliphatic rings. The van der Waals surface area contributed by atoms with E-state index in [1.54, 1.807) is 11.8 Å². The molecule has 0 aliphatic carbocycles. The van der Waals surface area contributed by atoms with Crippen molar-refractivity contribution < 1.29 is 9.90 Å². The maximum Gasteiger partial charge on any atom is 0.334 e. The molecular formula is C8H8N2O2S. The Balaban J connectivity index is 2.24. The maximum absolute atomic E-state index is 10.6. The van der Waals surface area contributed by atoms with Crippen molar-refractivity contribution in [2.45, 2.75) is 6.92 Å². The van der Waals surface area contributed by atoms with E-state index in [-0.39, 0.29) is 0 Å². The van der Waals surface area contributed by atoms with Crippen LogP contribution < -0.4 is 0 Å². The molecule has 0 atom stereocenters. The van der Waals surface area contributed by atoms with Gasteiger partial charge in [-0.1, -0.05) is 11.8 Å². The van der Waals surface area contributed by atoms with Crippen LogP contribution in [0.25, 0.3) is 0 Å². The van der Waals surface area contributed by atoms with Gasteiger partial charge in [0.05, 0.1) is 12.1 Å². The highest BCUT2D eigenvalue weighted by Gasteiger charge is 2.24. The van der Waals surface area contributed by atoms with Crippen molar-refractivity contribution in [1.82, 2.24) is 4.90 Å². The zero-order valence-corrected chi connectivity index (χ0v) is 7.84. The first kappa shape index (κ1) is 8.37. The Morgan fingerprint density at radius 1 is 1.77 bits per heavy atom. The average molecular weight is 196 g/mol. The van der Waals surface area contributed by atoms with Gasteiger partial charge in [-0.2, -0.15) is 0 Å². The minimum absolute atomic E-state index is 0.329. The summed E-state index contributed by atoms with van der Waals surface area (Å²) in [5, 5.41) is 9.60. The van der Waals surface area contributed by atoms with Crippen LogP contribution in [0.1, 0.15) is 6.92 Å². The Bertz CT molecular complexity index is 357. The van der Waals surface area contributed by atoms with Gasteiger partial charge in [-0.05, 0) is 6.92 Å². The van der Waals surface area contributed by atoms with Crippen molar-refractivity contribution in [2.75, 3.05) is 6.54 Å². The van der Waals surface area contributed by atoms with Gasteiger partial charge in [-0.3, -0.25) is 0 Å². The van der Waals surface area contributed by atoms with E-state index in [0.29, 0.717) is 12.1 Å². The zero-order chi connectivity index (χ0) is 9.42. The summed E-state index contributed by atoms with van der Waals surface area (Å²) in [6, 6.07) is 0. The van der Waals surface area contributed by atoms with Crippen LogP contribution in [0.3, 0.4) is 0 Å². The van der Waals surface area contributed by atoms with Gasteiger partial charge in [0.1, 0.15) is 0 Å². The predicted octanol–water partition coefficient (Wildman–Crippen LogP) is 1.23. The number of nitrogens with zero attached hydrogens (tertiary/aromatic N) is 2. The highest BCUT2D eigenvalue weighted by atomic mass is 32.2. The van der Waals surface area contributed by atoms with E-state index in [1.807, 2.05) is 18.0 Å². The molecule has 0 fully saturated rings. The number of fused-ring (bicyclic) bond motifs is 1. The summed E-state index contributed by atoms with van der Waals surface area (Å²) < 4.78 is 0. The summed E-state index contributed by atoms with van der Waals surface area (Å²) in [7, 11) is 0. The van der Waals surface area contributed by atoms with Crippen molar-refractivity contribution >= 4 is 22.9 Å². The van der Waals surface area contributed by atoms with Crippen LogP contribution >= 0.6 is 11.8 Å². The van der Waals surface area contributed by atoms with Gasteiger partial charge in [0.15, 0.2) is 5.17 Å². The normalized spacial score (nSPS) is 20.4. The van der Waals surface area contributed by atoms with Crippen LogP contribution in [-0.4, -0.2) is 27.7 Å². The molecule has 2 rings (SSSR count). The number of aliphatic imine (C=N–C) groups is 1. The van der Waals surface area contributed by atoms with Crippen molar-refractivity contribution in [1.29, 1.82) is 0 Å². The van der Waals surface area contributed by atoms with Crippen LogP contribution in [0.5, 0.6) is 0 Å². The Kier molecular flexibility index (Phi) is 1.88. The average Bonchev–Trinajstić information content (AvgIpc) is 2.42. The third kappa shape index (κ3) is 1.47. The van der Waals surface area contributed by atoms with Gasteiger partial charge in [-0.25, -0.2) is 9.79 Å². The fourth-order valence-corrected chi connectivity index (χ4v) is 2.01. The molecule has 4 nitrogen and oxygen atoms in total. The molecule has 2 heterocycles. The van der Waals surface area contributed by atoms with Gasteiger partial charge in [0, 0.05) is 17.3 Å². The van der Waals surface area contributed by atoms with E-state index in [2.05, 4.69) is 4.99 Å². The number of allylic oxidation sites excluding steroid dienone is 1. The van der Waals surface area contributed by atoms with Crippen LogP contribution in [0.4, 0.5) is 0 Å². The van der Waals surface area contributed by atoms with E-state index >= 15 is 0 Å². The molecule has 0 spiro atoms. The number of carboxylic acid groups (broad SMARTS) is 1. The third-order valence-corrected chi connectivity index (χ3v) is 2.73. The van der Waals surface area contributed by atoms with Crippen LogP contribution in [-0.2, 0) is 4.79 Å². The van der Waals surface area contributed by atoms with Gasteiger partial charge < -0.3 is 10.0 Å². The molecule has 0 saturated carbocycles. The number of amidine groups is 1. The SMILES string of the molecule is CC1=CN2CC(C(=O)O)=CN=C2S1. The van der Waals surface area contributed by atoms with Crippen molar-refractivity contribution in [3.63, 3.8) is 0 Å². The molecule has 13 heavy (non-hydrogen) atoms. The molecule has 2 aliphatic heterocycles. The van der Waals surface area contributed by atoms with E-state index in [4.69, 9.17) is 5.11 Å². The van der Waals surface area contributed by atoms with Gasteiger partial charge in [0.25, 0.3) is 0 Å². The number of rotatable bonds is 1. The lowest BCUT2D eigenvalue weighted by atomic mass is 10.2. The lowest BCUT2D eigenvalue weighted by Gasteiger charge is -2.18. The number of hydrogen-bond donors (Lipinski definition) is 1.